The van der Waals surface area contributed by atoms with Gasteiger partial charge in [-0.05, 0) is 48.2 Å². The van der Waals surface area contributed by atoms with Crippen molar-refractivity contribution in [1.82, 2.24) is 9.62 Å². The van der Waals surface area contributed by atoms with Crippen LogP contribution in [0.5, 0.6) is 0 Å². The molecule has 1 heterocycles. The van der Waals surface area contributed by atoms with Crippen LogP contribution < -0.4 is 5.32 Å². The van der Waals surface area contributed by atoms with E-state index in [1.54, 1.807) is 12.1 Å². The molecule has 32 heavy (non-hydrogen) atoms. The van der Waals surface area contributed by atoms with Crippen LogP contribution >= 0.6 is 11.6 Å². The number of piperidine rings is 1. The molecule has 1 N–H and O–H groups in total. The Bertz CT molecular complexity index is 1110. The van der Waals surface area contributed by atoms with Crippen molar-refractivity contribution in [2.75, 3.05) is 13.1 Å². The van der Waals surface area contributed by atoms with Gasteiger partial charge >= 0.3 is 0 Å². The fourth-order valence-electron chi connectivity index (χ4n) is 4.04. The van der Waals surface area contributed by atoms with Crippen LogP contribution in [0.25, 0.3) is 0 Å². The molecule has 1 saturated heterocycles. The maximum Gasteiger partial charge on any atom is 0.243 e. The molecule has 1 fully saturated rings. The average Bonchev–Trinajstić information content (AvgIpc) is 2.84. The molecule has 0 unspecified atom stereocenters. The van der Waals surface area contributed by atoms with Crippen LogP contribution in [-0.2, 0) is 14.8 Å². The number of nitrogens with zero attached hydrogens (tertiary/aromatic N) is 1. The van der Waals surface area contributed by atoms with Gasteiger partial charge in [-0.1, -0.05) is 72.3 Å². The van der Waals surface area contributed by atoms with Crippen molar-refractivity contribution in [3.8, 4) is 0 Å². The number of benzene rings is 3. The molecule has 166 valence electrons. The van der Waals surface area contributed by atoms with Crippen molar-refractivity contribution in [2.24, 2.45) is 5.92 Å². The summed E-state index contributed by atoms with van der Waals surface area (Å²) in [6.45, 7) is 0.558. The monoisotopic (exact) mass is 468 g/mol. The van der Waals surface area contributed by atoms with Gasteiger partial charge in [0.15, 0.2) is 0 Å². The van der Waals surface area contributed by atoms with Gasteiger partial charge in [0.05, 0.1) is 16.9 Å². The minimum absolute atomic E-state index is 0.140. The lowest BCUT2D eigenvalue weighted by molar-refractivity contribution is -0.126. The topological polar surface area (TPSA) is 66.5 Å². The quantitative estimate of drug-likeness (QED) is 0.572. The van der Waals surface area contributed by atoms with E-state index >= 15 is 0 Å². The van der Waals surface area contributed by atoms with Crippen molar-refractivity contribution in [3.63, 3.8) is 0 Å². The molecule has 0 spiro atoms. The summed E-state index contributed by atoms with van der Waals surface area (Å²) in [6, 6.07) is 25.4. The number of amides is 1. The SMILES string of the molecule is O=C(NC(c1ccccc1)c1ccccc1)[C@H]1CCCN(S(=O)(=O)c2ccc(Cl)cc2)C1. The number of halogens is 1. The zero-order valence-corrected chi connectivity index (χ0v) is 19.1. The van der Waals surface area contributed by atoms with E-state index in [4.69, 9.17) is 11.6 Å². The standard InChI is InChI=1S/C25H25ClN2O3S/c26-22-13-15-23(16-14-22)32(30,31)28-17-7-12-21(18-28)25(29)27-24(19-8-3-1-4-9-19)20-10-5-2-6-11-20/h1-6,8-11,13-16,21,24H,7,12,17-18H2,(H,27,29)/t21-/m0/s1. The number of hydrogen-bond donors (Lipinski definition) is 1. The lowest BCUT2D eigenvalue weighted by Gasteiger charge is -2.32. The van der Waals surface area contributed by atoms with Gasteiger partial charge in [-0.15, -0.1) is 0 Å². The first-order valence-electron chi connectivity index (χ1n) is 10.6. The fraction of sp³-hybridized carbons (Fsp3) is 0.240. The third kappa shape index (κ3) is 5.04. The smallest absolute Gasteiger partial charge is 0.243 e. The summed E-state index contributed by atoms with van der Waals surface area (Å²) in [4.78, 5) is 13.4. The highest BCUT2D eigenvalue weighted by Gasteiger charge is 2.34. The Balaban J connectivity index is 1.52. The molecule has 0 aromatic heterocycles. The normalized spacial score (nSPS) is 17.2. The van der Waals surface area contributed by atoms with Gasteiger partial charge in [-0.25, -0.2) is 8.42 Å². The number of carbonyl (C=O) groups excluding carboxylic acids is 1. The van der Waals surface area contributed by atoms with Crippen LogP contribution in [0, 0.1) is 5.92 Å². The first-order valence-corrected chi connectivity index (χ1v) is 12.4. The van der Waals surface area contributed by atoms with E-state index in [-0.39, 0.29) is 23.4 Å². The van der Waals surface area contributed by atoms with E-state index in [2.05, 4.69) is 5.32 Å². The molecule has 5 nitrogen and oxygen atoms in total. The zero-order valence-electron chi connectivity index (χ0n) is 17.5. The number of sulfonamides is 1. The van der Waals surface area contributed by atoms with Crippen LogP contribution in [0.15, 0.2) is 89.8 Å². The molecule has 0 radical (unpaired) electrons. The van der Waals surface area contributed by atoms with E-state index in [0.717, 1.165) is 11.1 Å². The average molecular weight is 469 g/mol. The lowest BCUT2D eigenvalue weighted by atomic mass is 9.95. The highest BCUT2D eigenvalue weighted by Crippen LogP contribution is 2.27. The molecule has 7 heteroatoms. The highest BCUT2D eigenvalue weighted by atomic mass is 35.5. The fourth-order valence-corrected chi connectivity index (χ4v) is 5.69. The lowest BCUT2D eigenvalue weighted by Crippen LogP contribution is -2.46. The number of carbonyl (C=O) groups is 1. The van der Waals surface area contributed by atoms with Crippen molar-refractivity contribution in [3.05, 3.63) is 101 Å². The van der Waals surface area contributed by atoms with Gasteiger partial charge in [0, 0.05) is 18.1 Å². The minimum Gasteiger partial charge on any atom is -0.345 e. The molecular weight excluding hydrogens is 444 g/mol. The first kappa shape index (κ1) is 22.5. The molecule has 1 amide bonds. The molecule has 4 rings (SSSR count). The summed E-state index contributed by atoms with van der Waals surface area (Å²) in [6.07, 6.45) is 1.28. The number of nitrogens with one attached hydrogen (secondary N) is 1. The van der Waals surface area contributed by atoms with Crippen LogP contribution in [0.3, 0.4) is 0 Å². The van der Waals surface area contributed by atoms with Crippen molar-refractivity contribution >= 4 is 27.5 Å². The van der Waals surface area contributed by atoms with Crippen LogP contribution in [0.2, 0.25) is 5.02 Å². The molecule has 0 aliphatic carbocycles. The van der Waals surface area contributed by atoms with Crippen molar-refractivity contribution in [1.29, 1.82) is 0 Å². The van der Waals surface area contributed by atoms with Crippen LogP contribution in [-0.4, -0.2) is 31.7 Å². The second kappa shape index (κ2) is 9.86. The Morgan fingerprint density at radius 1 is 0.906 bits per heavy atom. The Morgan fingerprint density at radius 2 is 1.47 bits per heavy atom. The third-order valence-electron chi connectivity index (χ3n) is 5.76. The second-order valence-corrected chi connectivity index (χ2v) is 10.3. The predicted octanol–water partition coefficient (Wildman–Crippen LogP) is 4.65. The maximum absolute atomic E-state index is 13.3. The first-order chi connectivity index (χ1) is 15.4. The van der Waals surface area contributed by atoms with E-state index < -0.39 is 15.9 Å². The molecular formula is C25H25ClN2O3S. The number of hydrogen-bond acceptors (Lipinski definition) is 3. The van der Waals surface area contributed by atoms with Crippen molar-refractivity contribution < 1.29 is 13.2 Å². The highest BCUT2D eigenvalue weighted by molar-refractivity contribution is 7.89. The molecule has 1 aliphatic heterocycles. The van der Waals surface area contributed by atoms with Crippen LogP contribution in [0.4, 0.5) is 0 Å². The summed E-state index contributed by atoms with van der Waals surface area (Å²) < 4.78 is 27.6. The van der Waals surface area contributed by atoms with Crippen LogP contribution in [0.1, 0.15) is 30.0 Å². The molecule has 3 aromatic rings. The largest absolute Gasteiger partial charge is 0.345 e. The Morgan fingerprint density at radius 3 is 2.03 bits per heavy atom. The molecule has 0 saturated carbocycles. The minimum atomic E-state index is -3.68. The zero-order chi connectivity index (χ0) is 22.6. The van der Waals surface area contributed by atoms with Gasteiger partial charge in [0.1, 0.15) is 0 Å². The van der Waals surface area contributed by atoms with Gasteiger partial charge in [0.25, 0.3) is 0 Å². The van der Waals surface area contributed by atoms with E-state index in [9.17, 15) is 13.2 Å². The predicted molar refractivity (Wildman–Crippen MR) is 126 cm³/mol. The van der Waals surface area contributed by atoms with E-state index in [1.165, 1.54) is 16.4 Å². The summed E-state index contributed by atoms with van der Waals surface area (Å²) in [5, 5.41) is 3.64. The summed E-state index contributed by atoms with van der Waals surface area (Å²) in [5.41, 5.74) is 1.96. The van der Waals surface area contributed by atoms with Gasteiger partial charge in [-0.3, -0.25) is 4.79 Å². The summed E-state index contributed by atoms with van der Waals surface area (Å²) >= 11 is 5.90. The summed E-state index contributed by atoms with van der Waals surface area (Å²) in [5.74, 6) is -0.556. The molecule has 3 aromatic carbocycles. The molecule has 1 atom stereocenters. The number of rotatable bonds is 6. The van der Waals surface area contributed by atoms with Crippen molar-refractivity contribution in [2.45, 2.75) is 23.8 Å². The Kier molecular flexibility index (Phi) is 6.94. The van der Waals surface area contributed by atoms with Gasteiger partial charge in [-0.2, -0.15) is 4.31 Å². The Labute approximate surface area is 194 Å². The molecule has 0 bridgehead atoms. The van der Waals surface area contributed by atoms with E-state index in [0.29, 0.717) is 24.4 Å². The molecule has 1 aliphatic rings. The van der Waals surface area contributed by atoms with E-state index in [1.807, 2.05) is 60.7 Å². The van der Waals surface area contributed by atoms with Gasteiger partial charge < -0.3 is 5.32 Å². The summed E-state index contributed by atoms with van der Waals surface area (Å²) in [7, 11) is -3.68. The third-order valence-corrected chi connectivity index (χ3v) is 7.89. The Hall–Kier alpha value is -2.67. The maximum atomic E-state index is 13.3. The van der Waals surface area contributed by atoms with Gasteiger partial charge in [0.2, 0.25) is 15.9 Å². The second-order valence-electron chi connectivity index (χ2n) is 7.92.